The maximum Gasteiger partial charge on any atom is 0.257 e. The van der Waals surface area contributed by atoms with E-state index >= 15 is 0 Å². The van der Waals surface area contributed by atoms with Crippen molar-refractivity contribution in [2.45, 2.75) is 31.6 Å². The minimum absolute atomic E-state index is 0.195. The van der Waals surface area contributed by atoms with E-state index in [1.54, 1.807) is 0 Å². The fourth-order valence-corrected chi connectivity index (χ4v) is 5.94. The van der Waals surface area contributed by atoms with E-state index in [-0.39, 0.29) is 10.8 Å². The van der Waals surface area contributed by atoms with E-state index in [0.29, 0.717) is 23.8 Å². The van der Waals surface area contributed by atoms with Gasteiger partial charge in [-0.2, -0.15) is 4.31 Å². The van der Waals surface area contributed by atoms with Crippen LogP contribution in [-0.4, -0.2) is 36.7 Å². The third-order valence-electron chi connectivity index (χ3n) is 4.27. The Balaban J connectivity index is 1.77. The Hall–Kier alpha value is -1.81. The highest BCUT2D eigenvalue weighted by atomic mass is 79.9. The topological polar surface area (TPSA) is 79.4 Å². The Morgan fingerprint density at radius 3 is 2.38 bits per heavy atom. The van der Waals surface area contributed by atoms with Crippen LogP contribution in [0, 0.1) is 0 Å². The minimum Gasteiger partial charge on any atom is -0.298 e. The maximum atomic E-state index is 12.8. The lowest BCUT2D eigenvalue weighted by atomic mass is 10.2. The van der Waals surface area contributed by atoms with E-state index in [4.69, 9.17) is 0 Å². The van der Waals surface area contributed by atoms with Gasteiger partial charge in [-0.1, -0.05) is 41.1 Å². The van der Waals surface area contributed by atoms with Crippen molar-refractivity contribution in [1.82, 2.24) is 9.29 Å². The summed E-state index contributed by atoms with van der Waals surface area (Å²) in [6, 6.07) is 11.7. The SMILES string of the molecule is CCCN(CCC)S(=O)(=O)c1ccc(C(=O)Nc2nc3ccc(Br)cc3s2)cc1. The number of carbonyl (C=O) groups is 1. The van der Waals surface area contributed by atoms with Crippen molar-refractivity contribution in [2.24, 2.45) is 0 Å². The number of sulfonamides is 1. The average Bonchev–Trinajstić information content (AvgIpc) is 3.09. The predicted molar refractivity (Wildman–Crippen MR) is 121 cm³/mol. The zero-order chi connectivity index (χ0) is 21.0. The smallest absolute Gasteiger partial charge is 0.257 e. The van der Waals surface area contributed by atoms with E-state index in [1.807, 2.05) is 32.0 Å². The fourth-order valence-electron chi connectivity index (χ4n) is 2.90. The van der Waals surface area contributed by atoms with Gasteiger partial charge in [0.1, 0.15) is 0 Å². The number of rotatable bonds is 8. The Labute approximate surface area is 183 Å². The van der Waals surface area contributed by atoms with Gasteiger partial charge in [-0.15, -0.1) is 0 Å². The van der Waals surface area contributed by atoms with Gasteiger partial charge >= 0.3 is 0 Å². The van der Waals surface area contributed by atoms with Crippen LogP contribution < -0.4 is 5.32 Å². The molecule has 0 spiro atoms. The zero-order valence-corrected chi connectivity index (χ0v) is 19.4. The number of hydrogen-bond acceptors (Lipinski definition) is 5. The van der Waals surface area contributed by atoms with Crippen LogP contribution in [0.3, 0.4) is 0 Å². The fraction of sp³-hybridized carbons (Fsp3) is 0.300. The molecule has 0 fully saturated rings. The first-order chi connectivity index (χ1) is 13.8. The molecule has 1 aromatic heterocycles. The molecule has 2 aromatic carbocycles. The number of aromatic nitrogens is 1. The maximum absolute atomic E-state index is 12.8. The van der Waals surface area contributed by atoms with Gasteiger partial charge in [0.2, 0.25) is 10.0 Å². The lowest BCUT2D eigenvalue weighted by Gasteiger charge is -2.21. The van der Waals surface area contributed by atoms with Gasteiger partial charge in [-0.05, 0) is 55.3 Å². The Morgan fingerprint density at radius 1 is 1.10 bits per heavy atom. The lowest BCUT2D eigenvalue weighted by molar-refractivity contribution is 0.102. The van der Waals surface area contributed by atoms with E-state index < -0.39 is 10.0 Å². The summed E-state index contributed by atoms with van der Waals surface area (Å²) in [6.07, 6.45) is 1.50. The summed E-state index contributed by atoms with van der Waals surface area (Å²) < 4.78 is 29.0. The number of hydrogen-bond donors (Lipinski definition) is 1. The quantitative estimate of drug-likeness (QED) is 0.470. The molecule has 0 aliphatic carbocycles. The first-order valence-corrected chi connectivity index (χ1v) is 12.4. The number of halogens is 1. The molecule has 0 bridgehead atoms. The summed E-state index contributed by atoms with van der Waals surface area (Å²) in [4.78, 5) is 17.1. The number of fused-ring (bicyclic) bond motifs is 1. The summed E-state index contributed by atoms with van der Waals surface area (Å²) >= 11 is 4.80. The molecule has 3 aromatic rings. The van der Waals surface area contributed by atoms with E-state index in [9.17, 15) is 13.2 Å². The van der Waals surface area contributed by atoms with Gasteiger partial charge in [0.15, 0.2) is 5.13 Å². The summed E-state index contributed by atoms with van der Waals surface area (Å²) in [5.41, 5.74) is 1.18. The van der Waals surface area contributed by atoms with Crippen LogP contribution in [0.5, 0.6) is 0 Å². The van der Waals surface area contributed by atoms with Gasteiger partial charge in [0.25, 0.3) is 5.91 Å². The predicted octanol–water partition coefficient (Wildman–Crippen LogP) is 5.12. The Morgan fingerprint density at radius 2 is 1.76 bits per heavy atom. The Kier molecular flexibility index (Phi) is 7.05. The molecule has 29 heavy (non-hydrogen) atoms. The molecule has 0 aliphatic heterocycles. The largest absolute Gasteiger partial charge is 0.298 e. The first-order valence-electron chi connectivity index (χ1n) is 9.32. The van der Waals surface area contributed by atoms with Crippen molar-refractivity contribution in [1.29, 1.82) is 0 Å². The molecule has 0 saturated heterocycles. The number of anilines is 1. The van der Waals surface area contributed by atoms with Crippen molar-refractivity contribution in [3.05, 3.63) is 52.5 Å². The van der Waals surface area contributed by atoms with Crippen molar-refractivity contribution >= 4 is 58.5 Å². The second kappa shape index (κ2) is 9.34. The monoisotopic (exact) mass is 495 g/mol. The van der Waals surface area contributed by atoms with E-state index in [0.717, 1.165) is 27.5 Å². The van der Waals surface area contributed by atoms with Gasteiger partial charge in [-0.25, -0.2) is 13.4 Å². The molecule has 1 amide bonds. The van der Waals surface area contributed by atoms with Gasteiger partial charge in [-0.3, -0.25) is 10.1 Å². The van der Waals surface area contributed by atoms with Gasteiger partial charge < -0.3 is 0 Å². The molecule has 1 N–H and O–H groups in total. The number of carbonyl (C=O) groups excluding carboxylic acids is 1. The minimum atomic E-state index is -3.56. The van der Waals surface area contributed by atoms with Gasteiger partial charge in [0, 0.05) is 23.1 Å². The highest BCUT2D eigenvalue weighted by molar-refractivity contribution is 9.10. The number of nitrogens with one attached hydrogen (secondary N) is 1. The van der Waals surface area contributed by atoms with Crippen LogP contribution in [0.15, 0.2) is 51.8 Å². The van der Waals surface area contributed by atoms with Crippen molar-refractivity contribution in [3.63, 3.8) is 0 Å². The van der Waals surface area contributed by atoms with E-state index in [1.165, 1.54) is 39.9 Å². The first kappa shape index (κ1) is 21.9. The number of thiazole rings is 1. The lowest BCUT2D eigenvalue weighted by Crippen LogP contribution is -2.32. The third kappa shape index (κ3) is 5.03. The average molecular weight is 496 g/mol. The molecule has 9 heteroatoms. The summed E-state index contributed by atoms with van der Waals surface area (Å²) in [5, 5.41) is 3.28. The molecule has 0 saturated carbocycles. The molecule has 154 valence electrons. The van der Waals surface area contributed by atoms with Crippen LogP contribution in [-0.2, 0) is 10.0 Å². The third-order valence-corrected chi connectivity index (χ3v) is 7.61. The highest BCUT2D eigenvalue weighted by Crippen LogP contribution is 2.28. The zero-order valence-electron chi connectivity index (χ0n) is 16.2. The van der Waals surface area contributed by atoms with E-state index in [2.05, 4.69) is 26.2 Å². The second-order valence-electron chi connectivity index (χ2n) is 6.51. The van der Waals surface area contributed by atoms with Crippen LogP contribution in [0.2, 0.25) is 0 Å². The molecule has 0 aliphatic rings. The molecular formula is C20H22BrN3O3S2. The van der Waals surface area contributed by atoms with Crippen LogP contribution in [0.4, 0.5) is 5.13 Å². The highest BCUT2D eigenvalue weighted by Gasteiger charge is 2.23. The Bertz CT molecular complexity index is 1110. The van der Waals surface area contributed by atoms with Crippen molar-refractivity contribution in [2.75, 3.05) is 18.4 Å². The second-order valence-corrected chi connectivity index (χ2v) is 10.4. The molecular weight excluding hydrogens is 474 g/mol. The number of benzene rings is 2. The number of nitrogens with zero attached hydrogens (tertiary/aromatic N) is 2. The van der Waals surface area contributed by atoms with Crippen LogP contribution in [0.1, 0.15) is 37.0 Å². The van der Waals surface area contributed by atoms with Gasteiger partial charge in [0.05, 0.1) is 15.1 Å². The molecule has 0 unspecified atom stereocenters. The van der Waals surface area contributed by atoms with Crippen molar-refractivity contribution < 1.29 is 13.2 Å². The standard InChI is InChI=1S/C20H22BrN3O3S2/c1-3-11-24(12-4-2)29(26,27)16-8-5-14(6-9-16)19(25)23-20-22-17-10-7-15(21)13-18(17)28-20/h5-10,13H,3-4,11-12H2,1-2H3,(H,22,23,25). The molecule has 0 radical (unpaired) electrons. The van der Waals surface area contributed by atoms with Crippen LogP contribution in [0.25, 0.3) is 10.2 Å². The molecule has 1 heterocycles. The summed E-state index contributed by atoms with van der Waals surface area (Å²) in [6.45, 7) is 4.86. The van der Waals surface area contributed by atoms with Crippen molar-refractivity contribution in [3.8, 4) is 0 Å². The summed E-state index contributed by atoms with van der Waals surface area (Å²) in [7, 11) is -3.56. The molecule has 0 atom stereocenters. The number of amides is 1. The molecule has 6 nitrogen and oxygen atoms in total. The summed E-state index contributed by atoms with van der Waals surface area (Å²) in [5.74, 6) is -0.328. The normalized spacial score (nSPS) is 11.9. The molecule has 3 rings (SSSR count). The van der Waals surface area contributed by atoms with Crippen LogP contribution >= 0.6 is 27.3 Å².